The predicted octanol–water partition coefficient (Wildman–Crippen LogP) is 3.08. The number of carbonyl (C=O) groups is 1. The van der Waals surface area contributed by atoms with Crippen molar-refractivity contribution in [3.63, 3.8) is 0 Å². The molecule has 0 saturated heterocycles. The Morgan fingerprint density at radius 2 is 2.23 bits per heavy atom. The van der Waals surface area contributed by atoms with Crippen molar-refractivity contribution in [1.82, 2.24) is 15.5 Å². The van der Waals surface area contributed by atoms with Crippen molar-refractivity contribution in [1.29, 1.82) is 0 Å². The quantitative estimate of drug-likeness (QED) is 0.786. The standard InChI is InChI=1S/C16H15N3O2S/c1-11-14(15(19-21-11)13-6-2-3-8-17-13)16(20)18-9-7-12-5-4-10-22-12/h2-6,8,10H,7,9H2,1H3,(H,18,20). The summed E-state index contributed by atoms with van der Waals surface area (Å²) in [6.07, 6.45) is 2.48. The zero-order valence-electron chi connectivity index (χ0n) is 12.1. The Morgan fingerprint density at radius 3 is 2.95 bits per heavy atom. The number of thiophene rings is 1. The number of amides is 1. The lowest BCUT2D eigenvalue weighted by atomic mass is 10.1. The van der Waals surface area contributed by atoms with Crippen LogP contribution >= 0.6 is 11.3 Å². The molecule has 3 aromatic heterocycles. The smallest absolute Gasteiger partial charge is 0.257 e. The van der Waals surface area contributed by atoms with Crippen LogP contribution in [0.5, 0.6) is 0 Å². The van der Waals surface area contributed by atoms with Gasteiger partial charge in [0.05, 0.1) is 5.69 Å². The molecule has 3 heterocycles. The summed E-state index contributed by atoms with van der Waals surface area (Å²) < 4.78 is 5.17. The Bertz CT molecular complexity index is 751. The first-order valence-corrected chi connectivity index (χ1v) is 7.82. The number of aryl methyl sites for hydroxylation is 1. The van der Waals surface area contributed by atoms with Crippen molar-refractivity contribution >= 4 is 17.2 Å². The third-order valence-corrected chi connectivity index (χ3v) is 4.17. The third kappa shape index (κ3) is 3.07. The van der Waals surface area contributed by atoms with Gasteiger partial charge >= 0.3 is 0 Å². The number of hydrogen-bond acceptors (Lipinski definition) is 5. The lowest BCUT2D eigenvalue weighted by Gasteiger charge is -2.04. The van der Waals surface area contributed by atoms with E-state index in [9.17, 15) is 4.79 Å². The first kappa shape index (κ1) is 14.5. The molecular formula is C16H15N3O2S. The van der Waals surface area contributed by atoms with Crippen molar-refractivity contribution in [2.24, 2.45) is 0 Å². The SMILES string of the molecule is Cc1onc(-c2ccccn2)c1C(=O)NCCc1cccs1. The first-order valence-electron chi connectivity index (χ1n) is 6.94. The molecule has 3 rings (SSSR count). The molecular weight excluding hydrogens is 298 g/mol. The lowest BCUT2D eigenvalue weighted by molar-refractivity contribution is 0.0953. The Kier molecular flexibility index (Phi) is 4.29. The molecule has 0 bridgehead atoms. The maximum Gasteiger partial charge on any atom is 0.257 e. The number of hydrogen-bond donors (Lipinski definition) is 1. The van der Waals surface area contributed by atoms with E-state index >= 15 is 0 Å². The highest BCUT2D eigenvalue weighted by Gasteiger charge is 2.21. The predicted molar refractivity (Wildman–Crippen MR) is 84.8 cm³/mol. The molecule has 5 nitrogen and oxygen atoms in total. The van der Waals surface area contributed by atoms with Gasteiger partial charge in [-0.25, -0.2) is 0 Å². The molecule has 0 atom stereocenters. The molecule has 0 unspecified atom stereocenters. The number of aromatic nitrogens is 2. The van der Waals surface area contributed by atoms with Gasteiger partial charge in [0.25, 0.3) is 5.91 Å². The highest BCUT2D eigenvalue weighted by Crippen LogP contribution is 2.23. The van der Waals surface area contributed by atoms with Gasteiger partial charge in [0.15, 0.2) is 0 Å². The monoisotopic (exact) mass is 313 g/mol. The molecule has 0 aliphatic carbocycles. The highest BCUT2D eigenvalue weighted by molar-refractivity contribution is 7.09. The Labute approximate surface area is 132 Å². The van der Waals surface area contributed by atoms with Gasteiger partial charge in [-0.3, -0.25) is 9.78 Å². The summed E-state index contributed by atoms with van der Waals surface area (Å²) in [5.74, 6) is 0.310. The summed E-state index contributed by atoms with van der Waals surface area (Å²) in [5, 5.41) is 8.91. The molecule has 1 amide bonds. The topological polar surface area (TPSA) is 68.0 Å². The highest BCUT2D eigenvalue weighted by atomic mass is 32.1. The van der Waals surface area contributed by atoms with Gasteiger partial charge in [-0.15, -0.1) is 11.3 Å². The Hall–Kier alpha value is -2.47. The molecule has 0 aliphatic rings. The summed E-state index contributed by atoms with van der Waals surface area (Å²) in [6, 6.07) is 9.54. The van der Waals surface area contributed by atoms with Gasteiger partial charge < -0.3 is 9.84 Å². The van der Waals surface area contributed by atoms with Crippen LogP contribution in [-0.4, -0.2) is 22.6 Å². The molecule has 0 saturated carbocycles. The van der Waals surface area contributed by atoms with Gasteiger partial charge in [-0.1, -0.05) is 17.3 Å². The second kappa shape index (κ2) is 6.53. The van der Waals surface area contributed by atoms with E-state index < -0.39 is 0 Å². The van der Waals surface area contributed by atoms with Crippen molar-refractivity contribution in [2.45, 2.75) is 13.3 Å². The van der Waals surface area contributed by atoms with E-state index in [1.54, 1.807) is 30.5 Å². The first-order chi connectivity index (χ1) is 10.8. The van der Waals surface area contributed by atoms with Crippen LogP contribution in [0, 0.1) is 6.92 Å². The van der Waals surface area contributed by atoms with E-state index in [2.05, 4.69) is 21.5 Å². The molecule has 0 aromatic carbocycles. The van der Waals surface area contributed by atoms with E-state index in [0.29, 0.717) is 29.3 Å². The zero-order chi connectivity index (χ0) is 15.4. The number of carbonyl (C=O) groups excluding carboxylic acids is 1. The van der Waals surface area contributed by atoms with E-state index in [1.165, 1.54) is 4.88 Å². The van der Waals surface area contributed by atoms with Gasteiger partial charge in [-0.05, 0) is 36.9 Å². The van der Waals surface area contributed by atoms with Crippen LogP contribution in [0.4, 0.5) is 0 Å². The maximum absolute atomic E-state index is 12.4. The average molecular weight is 313 g/mol. The average Bonchev–Trinajstić information content (AvgIpc) is 3.17. The maximum atomic E-state index is 12.4. The van der Waals surface area contributed by atoms with Gasteiger partial charge in [0.1, 0.15) is 17.0 Å². The van der Waals surface area contributed by atoms with Crippen LogP contribution in [0.25, 0.3) is 11.4 Å². The summed E-state index contributed by atoms with van der Waals surface area (Å²) in [4.78, 5) is 17.9. The summed E-state index contributed by atoms with van der Waals surface area (Å²) >= 11 is 1.68. The van der Waals surface area contributed by atoms with Gasteiger partial charge in [-0.2, -0.15) is 0 Å². The van der Waals surface area contributed by atoms with Crippen LogP contribution < -0.4 is 5.32 Å². The van der Waals surface area contributed by atoms with E-state index in [0.717, 1.165) is 6.42 Å². The fraction of sp³-hybridized carbons (Fsp3) is 0.188. The fourth-order valence-corrected chi connectivity index (χ4v) is 2.87. The Balaban J connectivity index is 1.73. The molecule has 0 spiro atoms. The largest absolute Gasteiger partial charge is 0.360 e. The van der Waals surface area contributed by atoms with Crippen LogP contribution in [0.3, 0.4) is 0 Å². The molecule has 6 heteroatoms. The molecule has 0 fully saturated rings. The molecule has 0 radical (unpaired) electrons. The minimum atomic E-state index is -0.184. The second-order valence-electron chi connectivity index (χ2n) is 4.76. The Morgan fingerprint density at radius 1 is 1.32 bits per heavy atom. The van der Waals surface area contributed by atoms with Crippen LogP contribution in [0.2, 0.25) is 0 Å². The number of pyridine rings is 1. The third-order valence-electron chi connectivity index (χ3n) is 3.23. The summed E-state index contributed by atoms with van der Waals surface area (Å²) in [7, 11) is 0. The van der Waals surface area contributed by atoms with Crippen molar-refractivity contribution in [3.05, 3.63) is 58.1 Å². The van der Waals surface area contributed by atoms with Gasteiger partial charge in [0.2, 0.25) is 0 Å². The van der Waals surface area contributed by atoms with Gasteiger partial charge in [0, 0.05) is 17.6 Å². The molecule has 112 valence electrons. The second-order valence-corrected chi connectivity index (χ2v) is 5.79. The van der Waals surface area contributed by atoms with Crippen LogP contribution in [0.15, 0.2) is 46.4 Å². The van der Waals surface area contributed by atoms with Crippen molar-refractivity contribution in [2.75, 3.05) is 6.54 Å². The summed E-state index contributed by atoms with van der Waals surface area (Å²) in [5.41, 5.74) is 1.55. The lowest BCUT2D eigenvalue weighted by Crippen LogP contribution is -2.26. The van der Waals surface area contributed by atoms with Crippen molar-refractivity contribution < 1.29 is 9.32 Å². The molecule has 1 N–H and O–H groups in total. The number of rotatable bonds is 5. The molecule has 3 aromatic rings. The normalized spacial score (nSPS) is 10.6. The number of nitrogens with one attached hydrogen (secondary N) is 1. The van der Waals surface area contributed by atoms with Crippen LogP contribution in [-0.2, 0) is 6.42 Å². The minimum absolute atomic E-state index is 0.184. The van der Waals surface area contributed by atoms with Crippen LogP contribution in [0.1, 0.15) is 21.0 Å². The molecule has 22 heavy (non-hydrogen) atoms. The fourth-order valence-electron chi connectivity index (χ4n) is 2.16. The van der Waals surface area contributed by atoms with E-state index in [1.807, 2.05) is 23.6 Å². The van der Waals surface area contributed by atoms with E-state index in [4.69, 9.17) is 4.52 Å². The number of nitrogens with zero attached hydrogens (tertiary/aromatic N) is 2. The summed E-state index contributed by atoms with van der Waals surface area (Å²) in [6.45, 7) is 2.30. The van der Waals surface area contributed by atoms with E-state index in [-0.39, 0.29) is 5.91 Å². The zero-order valence-corrected chi connectivity index (χ0v) is 12.9. The minimum Gasteiger partial charge on any atom is -0.360 e. The van der Waals surface area contributed by atoms with Crippen molar-refractivity contribution in [3.8, 4) is 11.4 Å². The molecule has 0 aliphatic heterocycles.